The van der Waals surface area contributed by atoms with Gasteiger partial charge in [0.15, 0.2) is 0 Å². The summed E-state index contributed by atoms with van der Waals surface area (Å²) < 4.78 is 41.3. The number of alkyl halides is 3. The molecule has 2 aromatic rings. The van der Waals surface area contributed by atoms with Crippen LogP contribution in [0.3, 0.4) is 0 Å². The molecule has 2 aromatic carbocycles. The van der Waals surface area contributed by atoms with Crippen LogP contribution in [0.2, 0.25) is 5.02 Å². The summed E-state index contributed by atoms with van der Waals surface area (Å²) in [6.07, 6.45) is 0.172. The molecule has 1 aliphatic carbocycles. The molecule has 11 heteroatoms. The van der Waals surface area contributed by atoms with Crippen LogP contribution in [0.1, 0.15) is 50.0 Å². The smallest absolute Gasteiger partial charge is 0.431 e. The predicted molar refractivity (Wildman–Crippen MR) is 156 cm³/mol. The molecule has 2 saturated heterocycles. The maximum Gasteiger partial charge on any atom is 0.431 e. The third kappa shape index (κ3) is 6.75. The SMILES string of the molecule is N=C/C(C(=O)O)=C(\NC1CCCN(c2cc(Cl)ccc2-c2ccc(C3CCN(C(=O)C4CC4)CC3)cc2)C1)C(F)(F)F. The first kappa shape index (κ1) is 29.9. The molecular formula is C31H34ClF3N4O3. The number of nitrogens with zero attached hydrogens (tertiary/aromatic N) is 2. The van der Waals surface area contributed by atoms with Gasteiger partial charge in [0, 0.05) is 60.6 Å². The summed E-state index contributed by atoms with van der Waals surface area (Å²) in [6, 6.07) is 13.1. The predicted octanol–water partition coefficient (Wildman–Crippen LogP) is 6.23. The molecule has 0 spiro atoms. The second-order valence-electron chi connectivity index (χ2n) is 11.3. The molecule has 1 atom stereocenters. The lowest BCUT2D eigenvalue weighted by Crippen LogP contribution is -2.48. The largest absolute Gasteiger partial charge is 0.478 e. The molecule has 1 unspecified atom stereocenters. The fourth-order valence-corrected chi connectivity index (χ4v) is 6.20. The van der Waals surface area contributed by atoms with Crippen LogP contribution in [0.5, 0.6) is 0 Å². The zero-order chi connectivity index (χ0) is 30.0. The van der Waals surface area contributed by atoms with Crippen molar-refractivity contribution < 1.29 is 27.9 Å². The van der Waals surface area contributed by atoms with E-state index in [0.29, 0.717) is 36.2 Å². The quantitative estimate of drug-likeness (QED) is 0.246. The van der Waals surface area contributed by atoms with E-state index in [-0.39, 0.29) is 18.7 Å². The van der Waals surface area contributed by atoms with Crippen molar-refractivity contribution in [3.63, 3.8) is 0 Å². The maximum absolute atomic E-state index is 13.8. The normalized spacial score (nSPS) is 20.6. The second-order valence-corrected chi connectivity index (χ2v) is 11.8. The zero-order valence-electron chi connectivity index (χ0n) is 23.1. The number of benzene rings is 2. The van der Waals surface area contributed by atoms with Crippen molar-refractivity contribution in [1.29, 1.82) is 5.41 Å². The van der Waals surface area contributed by atoms with E-state index in [0.717, 1.165) is 55.6 Å². The number of anilines is 1. The van der Waals surface area contributed by atoms with Gasteiger partial charge in [0.2, 0.25) is 5.91 Å². The first-order valence-corrected chi connectivity index (χ1v) is 14.7. The number of amides is 1. The summed E-state index contributed by atoms with van der Waals surface area (Å²) in [6.45, 7) is 2.37. The van der Waals surface area contributed by atoms with Gasteiger partial charge in [-0.15, -0.1) is 0 Å². The van der Waals surface area contributed by atoms with E-state index in [1.54, 1.807) is 12.1 Å². The first-order chi connectivity index (χ1) is 20.0. The van der Waals surface area contributed by atoms with E-state index in [9.17, 15) is 27.9 Å². The van der Waals surface area contributed by atoms with Gasteiger partial charge in [-0.1, -0.05) is 41.9 Å². The maximum atomic E-state index is 13.8. The van der Waals surface area contributed by atoms with Gasteiger partial charge < -0.3 is 25.6 Å². The van der Waals surface area contributed by atoms with Gasteiger partial charge in [-0.3, -0.25) is 4.79 Å². The molecular weight excluding hydrogens is 569 g/mol. The highest BCUT2D eigenvalue weighted by atomic mass is 35.5. The Morgan fingerprint density at radius 2 is 1.69 bits per heavy atom. The van der Waals surface area contributed by atoms with Gasteiger partial charge in [-0.2, -0.15) is 13.2 Å². The minimum atomic E-state index is -4.94. The fraction of sp³-hybridized carbons (Fsp3) is 0.452. The summed E-state index contributed by atoms with van der Waals surface area (Å²) in [5, 5.41) is 19.3. The molecule has 1 amide bonds. The molecule has 0 radical (unpaired) electrons. The van der Waals surface area contributed by atoms with E-state index in [1.165, 1.54) is 5.56 Å². The van der Waals surface area contributed by atoms with Gasteiger partial charge in [0.25, 0.3) is 0 Å². The second kappa shape index (κ2) is 12.4. The lowest BCUT2D eigenvalue weighted by molar-refractivity contribution is -0.134. The number of nitrogens with one attached hydrogen (secondary N) is 2. The van der Waals surface area contributed by atoms with Crippen molar-refractivity contribution in [2.24, 2.45) is 5.92 Å². The number of halogens is 4. The highest BCUT2D eigenvalue weighted by Crippen LogP contribution is 2.38. The standard InChI is InChI=1S/C31H34ClF3N4O3/c32-23-9-10-25(21-5-3-19(4-6-21)20-11-14-38(15-12-20)29(40)22-7-8-22)27(16-23)39-13-1-2-24(18-39)37-28(31(33,34)35)26(17-36)30(41)42/h3-6,9-10,16-17,20,22,24,36-37H,1-2,7-8,11-15,18H2,(H,41,42)/b28-26+,36-17?. The molecule has 42 heavy (non-hydrogen) atoms. The van der Waals surface area contributed by atoms with Crippen molar-refractivity contribution in [3.05, 3.63) is 64.3 Å². The third-order valence-electron chi connectivity index (χ3n) is 8.42. The minimum Gasteiger partial charge on any atom is -0.478 e. The first-order valence-electron chi connectivity index (χ1n) is 14.3. The van der Waals surface area contributed by atoms with Crippen molar-refractivity contribution >= 4 is 35.4 Å². The summed E-state index contributed by atoms with van der Waals surface area (Å²) >= 11 is 6.37. The van der Waals surface area contributed by atoms with Gasteiger partial charge >= 0.3 is 12.1 Å². The molecule has 1 saturated carbocycles. The lowest BCUT2D eigenvalue weighted by Gasteiger charge is -2.37. The molecule has 2 heterocycles. The van der Waals surface area contributed by atoms with Crippen molar-refractivity contribution in [1.82, 2.24) is 10.2 Å². The van der Waals surface area contributed by atoms with Crippen molar-refractivity contribution in [3.8, 4) is 11.1 Å². The van der Waals surface area contributed by atoms with E-state index in [2.05, 4.69) is 29.6 Å². The molecule has 5 rings (SSSR count). The van der Waals surface area contributed by atoms with Crippen LogP contribution in [0.25, 0.3) is 11.1 Å². The number of likely N-dealkylation sites (tertiary alicyclic amines) is 1. The average Bonchev–Trinajstić information content (AvgIpc) is 3.82. The molecule has 7 nitrogen and oxygen atoms in total. The monoisotopic (exact) mass is 602 g/mol. The topological polar surface area (TPSA) is 96.7 Å². The van der Waals surface area contributed by atoms with Crippen LogP contribution in [-0.4, -0.2) is 66.5 Å². The number of carboxylic acid groups (broad SMARTS) is 1. The van der Waals surface area contributed by atoms with Gasteiger partial charge in [-0.05, 0) is 67.7 Å². The number of aliphatic carboxylic acids is 1. The van der Waals surface area contributed by atoms with E-state index < -0.39 is 29.5 Å². The summed E-state index contributed by atoms with van der Waals surface area (Å²) in [5.41, 5.74) is 1.33. The third-order valence-corrected chi connectivity index (χ3v) is 8.66. The molecule has 2 aliphatic heterocycles. The van der Waals surface area contributed by atoms with E-state index in [4.69, 9.17) is 17.0 Å². The molecule has 224 valence electrons. The van der Waals surface area contributed by atoms with Crippen molar-refractivity contribution in [2.75, 3.05) is 31.1 Å². The van der Waals surface area contributed by atoms with Crippen LogP contribution in [-0.2, 0) is 9.59 Å². The highest BCUT2D eigenvalue weighted by molar-refractivity contribution is 6.31. The number of allylic oxidation sites excluding steroid dienone is 1. The van der Waals surface area contributed by atoms with Crippen LogP contribution in [0, 0.1) is 11.3 Å². The number of rotatable bonds is 8. The Hall–Kier alpha value is -3.53. The summed E-state index contributed by atoms with van der Waals surface area (Å²) in [4.78, 5) is 27.8. The van der Waals surface area contributed by atoms with Gasteiger partial charge in [0.1, 0.15) is 11.3 Å². The molecule has 3 aliphatic rings. The Balaban J connectivity index is 1.32. The zero-order valence-corrected chi connectivity index (χ0v) is 23.8. The molecule has 0 bridgehead atoms. The number of carboxylic acids is 1. The average molecular weight is 603 g/mol. The Morgan fingerprint density at radius 3 is 2.29 bits per heavy atom. The van der Waals surface area contributed by atoms with E-state index >= 15 is 0 Å². The number of hydrogen-bond donors (Lipinski definition) is 3. The van der Waals surface area contributed by atoms with Crippen LogP contribution < -0.4 is 10.2 Å². The summed E-state index contributed by atoms with van der Waals surface area (Å²) in [5.74, 6) is -0.881. The van der Waals surface area contributed by atoms with Crippen LogP contribution in [0.15, 0.2) is 53.7 Å². The van der Waals surface area contributed by atoms with E-state index in [1.807, 2.05) is 15.9 Å². The fourth-order valence-electron chi connectivity index (χ4n) is 6.04. The number of piperidine rings is 2. The van der Waals surface area contributed by atoms with Gasteiger partial charge in [-0.25, -0.2) is 4.79 Å². The highest BCUT2D eigenvalue weighted by Gasteiger charge is 2.40. The Labute approximate surface area is 247 Å². The van der Waals surface area contributed by atoms with Crippen LogP contribution >= 0.6 is 11.6 Å². The molecule has 3 fully saturated rings. The van der Waals surface area contributed by atoms with Crippen LogP contribution in [0.4, 0.5) is 18.9 Å². The Bertz CT molecular complexity index is 1370. The molecule has 0 aromatic heterocycles. The number of carbonyl (C=O) groups is 2. The Morgan fingerprint density at radius 1 is 1.00 bits per heavy atom. The lowest BCUT2D eigenvalue weighted by atomic mass is 9.88. The molecule has 3 N–H and O–H groups in total. The Kier molecular flexibility index (Phi) is 8.82. The van der Waals surface area contributed by atoms with Crippen molar-refractivity contribution in [2.45, 2.75) is 56.7 Å². The van der Waals surface area contributed by atoms with Gasteiger partial charge in [0.05, 0.1) is 0 Å². The minimum absolute atomic E-state index is 0.202. The number of hydrogen-bond acceptors (Lipinski definition) is 5. The summed E-state index contributed by atoms with van der Waals surface area (Å²) in [7, 11) is 0. The number of carbonyl (C=O) groups excluding carboxylic acids is 1.